The minimum atomic E-state index is -0.599. The molecule has 21 heavy (non-hydrogen) atoms. The summed E-state index contributed by atoms with van der Waals surface area (Å²) in [5.41, 5.74) is 7.13. The Bertz CT molecular complexity index is 491. The van der Waals surface area contributed by atoms with Gasteiger partial charge in [-0.2, -0.15) is 0 Å². The normalized spacial score (nSPS) is 13.3. The average Bonchev–Trinajstić information content (AvgIpc) is 2.46. The van der Waals surface area contributed by atoms with E-state index in [1.165, 1.54) is 0 Å². The fourth-order valence-electron chi connectivity index (χ4n) is 1.81. The molecule has 2 atom stereocenters. The topological polar surface area (TPSA) is 93.5 Å². The number of nitrogen functional groups attached to an aromatic ring is 1. The molecule has 0 saturated carbocycles. The van der Waals surface area contributed by atoms with Gasteiger partial charge in [0.15, 0.2) is 0 Å². The Morgan fingerprint density at radius 3 is 2.62 bits per heavy atom. The number of carbonyl (C=O) groups excluding carboxylic acids is 2. The lowest BCUT2D eigenvalue weighted by atomic mass is 9.99. The van der Waals surface area contributed by atoms with Crippen LogP contribution in [0.1, 0.15) is 25.3 Å². The molecule has 0 spiro atoms. The third-order valence-electron chi connectivity index (χ3n) is 3.16. The molecule has 0 radical (unpaired) electrons. The molecular formula is C15H23N3O3. The first-order valence-corrected chi connectivity index (χ1v) is 6.88. The standard InChI is InChI=1S/C15H23N3O3/c1-10(12-5-4-6-13(16)9-12)14(19)18-11(2)15(20)17-7-8-21-3/h4-6,9-11H,7-8,16H2,1-3H3,(H,17,20)(H,18,19). The number of carbonyl (C=O) groups is 2. The molecule has 116 valence electrons. The number of amides is 2. The molecule has 0 fully saturated rings. The van der Waals surface area contributed by atoms with Gasteiger partial charge in [-0.05, 0) is 31.5 Å². The van der Waals surface area contributed by atoms with Gasteiger partial charge >= 0.3 is 0 Å². The van der Waals surface area contributed by atoms with Crippen LogP contribution < -0.4 is 16.4 Å². The van der Waals surface area contributed by atoms with E-state index in [2.05, 4.69) is 10.6 Å². The van der Waals surface area contributed by atoms with Crippen LogP contribution in [0.4, 0.5) is 5.69 Å². The summed E-state index contributed by atoms with van der Waals surface area (Å²) >= 11 is 0. The summed E-state index contributed by atoms with van der Waals surface area (Å²) in [6.07, 6.45) is 0. The Labute approximate surface area is 125 Å². The molecule has 6 heteroatoms. The lowest BCUT2D eigenvalue weighted by Gasteiger charge is -2.17. The Morgan fingerprint density at radius 1 is 1.29 bits per heavy atom. The first kappa shape index (κ1) is 17.0. The van der Waals surface area contributed by atoms with Gasteiger partial charge in [0.2, 0.25) is 11.8 Å². The Morgan fingerprint density at radius 2 is 2.00 bits per heavy atom. The number of nitrogens with one attached hydrogen (secondary N) is 2. The van der Waals surface area contributed by atoms with Gasteiger partial charge in [-0.3, -0.25) is 9.59 Å². The summed E-state index contributed by atoms with van der Waals surface area (Å²) in [6.45, 7) is 4.28. The Hall–Kier alpha value is -2.08. The molecule has 0 aliphatic carbocycles. The average molecular weight is 293 g/mol. The number of hydrogen-bond acceptors (Lipinski definition) is 4. The lowest BCUT2D eigenvalue weighted by Crippen LogP contribution is -2.46. The fourth-order valence-corrected chi connectivity index (χ4v) is 1.81. The summed E-state index contributed by atoms with van der Waals surface area (Å²) in [6, 6.07) is 6.56. The number of nitrogens with two attached hydrogens (primary N) is 1. The number of rotatable bonds is 7. The second-order valence-corrected chi connectivity index (χ2v) is 4.91. The van der Waals surface area contributed by atoms with Crippen molar-refractivity contribution < 1.29 is 14.3 Å². The maximum Gasteiger partial charge on any atom is 0.242 e. The molecule has 0 aliphatic heterocycles. The van der Waals surface area contributed by atoms with Crippen molar-refractivity contribution in [2.45, 2.75) is 25.8 Å². The third-order valence-corrected chi connectivity index (χ3v) is 3.16. The number of benzene rings is 1. The van der Waals surface area contributed by atoms with Crippen molar-refractivity contribution in [1.82, 2.24) is 10.6 Å². The summed E-state index contributed by atoms with van der Waals surface area (Å²) in [4.78, 5) is 23.9. The van der Waals surface area contributed by atoms with E-state index in [1.807, 2.05) is 6.07 Å². The first-order valence-electron chi connectivity index (χ1n) is 6.88. The van der Waals surface area contributed by atoms with E-state index >= 15 is 0 Å². The molecule has 2 unspecified atom stereocenters. The van der Waals surface area contributed by atoms with Crippen LogP contribution in [0.3, 0.4) is 0 Å². The number of anilines is 1. The molecule has 0 bridgehead atoms. The largest absolute Gasteiger partial charge is 0.399 e. The van der Waals surface area contributed by atoms with Gasteiger partial charge in [0.25, 0.3) is 0 Å². The zero-order valence-corrected chi connectivity index (χ0v) is 12.7. The smallest absolute Gasteiger partial charge is 0.242 e. The monoisotopic (exact) mass is 293 g/mol. The quantitative estimate of drug-likeness (QED) is 0.508. The van der Waals surface area contributed by atoms with Crippen molar-refractivity contribution >= 4 is 17.5 Å². The number of ether oxygens (including phenoxy) is 1. The summed E-state index contributed by atoms with van der Waals surface area (Å²) < 4.78 is 4.85. The molecule has 1 aromatic carbocycles. The second kappa shape index (κ2) is 8.26. The molecule has 1 rings (SSSR count). The molecule has 0 heterocycles. The minimum absolute atomic E-state index is 0.213. The van der Waals surface area contributed by atoms with E-state index < -0.39 is 6.04 Å². The molecule has 4 N–H and O–H groups in total. The van der Waals surface area contributed by atoms with E-state index in [-0.39, 0.29) is 17.7 Å². The van der Waals surface area contributed by atoms with Crippen LogP contribution in [0.25, 0.3) is 0 Å². The van der Waals surface area contributed by atoms with Crippen molar-refractivity contribution in [3.63, 3.8) is 0 Å². The minimum Gasteiger partial charge on any atom is -0.399 e. The van der Waals surface area contributed by atoms with Crippen LogP contribution >= 0.6 is 0 Å². The molecule has 0 aliphatic rings. The fraction of sp³-hybridized carbons (Fsp3) is 0.467. The van der Waals surface area contributed by atoms with Crippen LogP contribution in [0.5, 0.6) is 0 Å². The predicted octanol–water partition coefficient (Wildman–Crippen LogP) is 0.640. The predicted molar refractivity (Wildman–Crippen MR) is 81.8 cm³/mol. The molecule has 2 amide bonds. The Balaban J connectivity index is 2.53. The van der Waals surface area contributed by atoms with Gasteiger partial charge in [0.1, 0.15) is 6.04 Å². The van der Waals surface area contributed by atoms with Crippen molar-refractivity contribution in [3.8, 4) is 0 Å². The maximum absolute atomic E-state index is 12.1. The number of hydrogen-bond donors (Lipinski definition) is 3. The first-order chi connectivity index (χ1) is 9.95. The van der Waals surface area contributed by atoms with Crippen LogP contribution in [0, 0.1) is 0 Å². The van der Waals surface area contributed by atoms with E-state index in [0.29, 0.717) is 18.8 Å². The van der Waals surface area contributed by atoms with Crippen LogP contribution in [-0.4, -0.2) is 38.1 Å². The van der Waals surface area contributed by atoms with E-state index in [4.69, 9.17) is 10.5 Å². The van der Waals surface area contributed by atoms with Gasteiger partial charge in [-0.25, -0.2) is 0 Å². The highest BCUT2D eigenvalue weighted by Gasteiger charge is 2.20. The summed E-state index contributed by atoms with van der Waals surface area (Å²) in [7, 11) is 1.56. The van der Waals surface area contributed by atoms with Crippen LogP contribution in [-0.2, 0) is 14.3 Å². The van der Waals surface area contributed by atoms with Crippen molar-refractivity contribution in [2.24, 2.45) is 0 Å². The summed E-state index contributed by atoms with van der Waals surface area (Å²) in [5.74, 6) is -0.821. The second-order valence-electron chi connectivity index (χ2n) is 4.91. The zero-order chi connectivity index (χ0) is 15.8. The van der Waals surface area contributed by atoms with Crippen molar-refractivity contribution in [1.29, 1.82) is 0 Å². The van der Waals surface area contributed by atoms with E-state index in [9.17, 15) is 9.59 Å². The zero-order valence-electron chi connectivity index (χ0n) is 12.7. The van der Waals surface area contributed by atoms with Crippen molar-refractivity contribution in [2.75, 3.05) is 26.0 Å². The van der Waals surface area contributed by atoms with Gasteiger partial charge in [0, 0.05) is 19.3 Å². The molecule has 0 aromatic heterocycles. The van der Waals surface area contributed by atoms with Gasteiger partial charge in [0.05, 0.1) is 12.5 Å². The van der Waals surface area contributed by atoms with Gasteiger partial charge in [-0.1, -0.05) is 12.1 Å². The van der Waals surface area contributed by atoms with Crippen LogP contribution in [0.2, 0.25) is 0 Å². The van der Waals surface area contributed by atoms with Crippen LogP contribution in [0.15, 0.2) is 24.3 Å². The van der Waals surface area contributed by atoms with Crippen molar-refractivity contribution in [3.05, 3.63) is 29.8 Å². The Kier molecular flexibility index (Phi) is 6.68. The molecule has 0 saturated heterocycles. The highest BCUT2D eigenvalue weighted by Crippen LogP contribution is 2.17. The molecular weight excluding hydrogens is 270 g/mol. The third kappa shape index (κ3) is 5.43. The molecule has 6 nitrogen and oxygen atoms in total. The number of methoxy groups -OCH3 is 1. The summed E-state index contributed by atoms with van der Waals surface area (Å²) in [5, 5.41) is 5.37. The van der Waals surface area contributed by atoms with Gasteiger partial charge in [-0.15, -0.1) is 0 Å². The lowest BCUT2D eigenvalue weighted by molar-refractivity contribution is -0.129. The van der Waals surface area contributed by atoms with E-state index in [1.54, 1.807) is 39.2 Å². The van der Waals surface area contributed by atoms with E-state index in [0.717, 1.165) is 5.56 Å². The maximum atomic E-state index is 12.1. The highest BCUT2D eigenvalue weighted by atomic mass is 16.5. The highest BCUT2D eigenvalue weighted by molar-refractivity contribution is 5.90. The SMILES string of the molecule is COCCNC(=O)C(C)NC(=O)C(C)c1cccc(N)c1. The molecule has 1 aromatic rings. The van der Waals surface area contributed by atoms with Gasteiger partial charge < -0.3 is 21.1 Å².